The molecule has 0 radical (unpaired) electrons. The van der Waals surface area contributed by atoms with E-state index in [1.807, 2.05) is 7.05 Å². The highest BCUT2D eigenvalue weighted by molar-refractivity contribution is 4.46. The monoisotopic (exact) mass is 116 g/mol. The van der Waals surface area contributed by atoms with E-state index < -0.39 is 0 Å². The molecule has 8 heavy (non-hydrogen) atoms. The maximum Gasteiger partial charge on any atom is 0.114 e. The molecule has 0 N–H and O–H groups in total. The summed E-state index contributed by atoms with van der Waals surface area (Å²) in [6, 6.07) is 0. The summed E-state index contributed by atoms with van der Waals surface area (Å²) >= 11 is 0. The molecule has 0 bridgehead atoms. The fourth-order valence-corrected chi connectivity index (χ4v) is 0.791. The molecule has 1 aliphatic rings. The molecule has 0 aromatic carbocycles. The molecule has 0 aromatic rings. The molecule has 3 nitrogen and oxygen atoms in total. The van der Waals surface area contributed by atoms with Crippen molar-refractivity contribution in [2.75, 3.05) is 27.1 Å². The van der Waals surface area contributed by atoms with Crippen LogP contribution in [0.25, 0.3) is 0 Å². The Morgan fingerprint density at radius 1 is 1.50 bits per heavy atom. The fourth-order valence-electron chi connectivity index (χ4n) is 0.791. The Labute approximate surface area is 49.8 Å². The van der Waals surface area contributed by atoms with E-state index in [0.717, 1.165) is 20.0 Å². The van der Waals surface area contributed by atoms with Gasteiger partial charge >= 0.3 is 0 Å². The molecule has 3 heteroatoms. The third kappa shape index (κ3) is 0.992. The topological polar surface area (TPSA) is 15.7 Å². The number of nitrogens with zero attached hydrogens (tertiary/aromatic N) is 2. The van der Waals surface area contributed by atoms with Crippen molar-refractivity contribution in [1.29, 1.82) is 0 Å². The van der Waals surface area contributed by atoms with Gasteiger partial charge in [-0.15, -0.1) is 0 Å². The van der Waals surface area contributed by atoms with Crippen molar-refractivity contribution in [3.05, 3.63) is 0 Å². The van der Waals surface area contributed by atoms with Crippen LogP contribution in [-0.2, 0) is 4.74 Å². The van der Waals surface area contributed by atoms with Crippen molar-refractivity contribution in [1.82, 2.24) is 10.0 Å². The lowest BCUT2D eigenvalue weighted by atomic mass is 10.7. The second-order valence-corrected chi connectivity index (χ2v) is 1.94. The van der Waals surface area contributed by atoms with Crippen LogP contribution in [0.4, 0.5) is 0 Å². The van der Waals surface area contributed by atoms with Crippen LogP contribution in [0.5, 0.6) is 0 Å². The van der Waals surface area contributed by atoms with Crippen LogP contribution in [0.15, 0.2) is 0 Å². The standard InChI is InChI=1S/C5H12N2O/c1-3-7-5-8-4-6(7)2/h3-5H2,1-2H3. The van der Waals surface area contributed by atoms with Gasteiger partial charge in [0, 0.05) is 13.6 Å². The van der Waals surface area contributed by atoms with Crippen molar-refractivity contribution < 1.29 is 4.74 Å². The lowest BCUT2D eigenvalue weighted by Gasteiger charge is -2.17. The van der Waals surface area contributed by atoms with Gasteiger partial charge in [0.2, 0.25) is 0 Å². The van der Waals surface area contributed by atoms with E-state index in [1.165, 1.54) is 0 Å². The summed E-state index contributed by atoms with van der Waals surface area (Å²) in [6.07, 6.45) is 0. The van der Waals surface area contributed by atoms with Crippen LogP contribution in [0.1, 0.15) is 6.92 Å². The van der Waals surface area contributed by atoms with E-state index >= 15 is 0 Å². The first-order chi connectivity index (χ1) is 3.84. The molecule has 0 amide bonds. The molecule has 1 heterocycles. The molecule has 0 atom stereocenters. The molecule has 0 saturated carbocycles. The summed E-state index contributed by atoms with van der Waals surface area (Å²) in [6.45, 7) is 4.66. The van der Waals surface area contributed by atoms with Gasteiger partial charge in [0.05, 0.1) is 0 Å². The smallest absolute Gasteiger partial charge is 0.114 e. The van der Waals surface area contributed by atoms with E-state index in [2.05, 4.69) is 16.9 Å². The Morgan fingerprint density at radius 3 is 2.50 bits per heavy atom. The Kier molecular flexibility index (Phi) is 1.83. The zero-order valence-corrected chi connectivity index (χ0v) is 5.42. The second kappa shape index (κ2) is 2.44. The minimum absolute atomic E-state index is 0.744. The van der Waals surface area contributed by atoms with Crippen molar-refractivity contribution >= 4 is 0 Å². The predicted molar refractivity (Wildman–Crippen MR) is 31.0 cm³/mol. The third-order valence-corrected chi connectivity index (χ3v) is 1.37. The van der Waals surface area contributed by atoms with Crippen molar-refractivity contribution in [3.63, 3.8) is 0 Å². The van der Waals surface area contributed by atoms with E-state index in [-0.39, 0.29) is 0 Å². The molecule has 1 fully saturated rings. The van der Waals surface area contributed by atoms with Gasteiger partial charge in [0.15, 0.2) is 0 Å². The zero-order valence-electron chi connectivity index (χ0n) is 5.42. The molecule has 0 aliphatic carbocycles. The van der Waals surface area contributed by atoms with Gasteiger partial charge in [-0.05, 0) is 0 Å². The Bertz CT molecular complexity index is 76.8. The highest BCUT2D eigenvalue weighted by Crippen LogP contribution is 2.01. The van der Waals surface area contributed by atoms with E-state index in [9.17, 15) is 0 Å². The summed E-state index contributed by atoms with van der Waals surface area (Å²) in [4.78, 5) is 0. The summed E-state index contributed by atoms with van der Waals surface area (Å²) in [5.41, 5.74) is 0. The number of hydrazine groups is 1. The Balaban J connectivity index is 2.30. The summed E-state index contributed by atoms with van der Waals surface area (Å²) in [5.74, 6) is 0. The van der Waals surface area contributed by atoms with Crippen LogP contribution in [0.3, 0.4) is 0 Å². The first-order valence-corrected chi connectivity index (χ1v) is 2.88. The minimum atomic E-state index is 0.744. The largest absolute Gasteiger partial charge is 0.348 e. The normalized spacial score (nSPS) is 24.8. The quantitative estimate of drug-likeness (QED) is 0.483. The van der Waals surface area contributed by atoms with E-state index in [1.54, 1.807) is 0 Å². The van der Waals surface area contributed by atoms with Gasteiger partial charge in [-0.25, -0.2) is 10.0 Å². The first kappa shape index (κ1) is 6.01. The molecule has 0 spiro atoms. The average molecular weight is 116 g/mol. The summed E-state index contributed by atoms with van der Waals surface area (Å²) in [7, 11) is 2.02. The molecular weight excluding hydrogens is 104 g/mol. The van der Waals surface area contributed by atoms with Gasteiger partial charge in [0.1, 0.15) is 13.5 Å². The molecule has 1 rings (SSSR count). The lowest BCUT2D eigenvalue weighted by Crippen LogP contribution is -2.32. The maximum atomic E-state index is 5.11. The van der Waals surface area contributed by atoms with Gasteiger partial charge in [-0.3, -0.25) is 0 Å². The summed E-state index contributed by atoms with van der Waals surface area (Å²) < 4.78 is 5.11. The number of rotatable bonds is 1. The van der Waals surface area contributed by atoms with Gasteiger partial charge in [-0.2, -0.15) is 0 Å². The van der Waals surface area contributed by atoms with Crippen LogP contribution >= 0.6 is 0 Å². The van der Waals surface area contributed by atoms with Crippen molar-refractivity contribution in [2.24, 2.45) is 0 Å². The number of ether oxygens (including phenoxy) is 1. The summed E-state index contributed by atoms with van der Waals surface area (Å²) in [5, 5.41) is 4.21. The first-order valence-electron chi connectivity index (χ1n) is 2.88. The Hall–Kier alpha value is -0.120. The highest BCUT2D eigenvalue weighted by atomic mass is 16.5. The third-order valence-electron chi connectivity index (χ3n) is 1.37. The van der Waals surface area contributed by atoms with Gasteiger partial charge in [0.25, 0.3) is 0 Å². The van der Waals surface area contributed by atoms with Crippen molar-refractivity contribution in [2.45, 2.75) is 6.92 Å². The molecule has 0 aromatic heterocycles. The molecule has 0 unspecified atom stereocenters. The predicted octanol–water partition coefficient (Wildman–Crippen LogP) is 0.100. The van der Waals surface area contributed by atoms with Gasteiger partial charge in [-0.1, -0.05) is 6.92 Å². The number of hydrogen-bond acceptors (Lipinski definition) is 3. The van der Waals surface area contributed by atoms with Crippen molar-refractivity contribution in [3.8, 4) is 0 Å². The van der Waals surface area contributed by atoms with Gasteiger partial charge < -0.3 is 4.74 Å². The fraction of sp³-hybridized carbons (Fsp3) is 1.00. The van der Waals surface area contributed by atoms with Crippen LogP contribution < -0.4 is 0 Å². The zero-order chi connectivity index (χ0) is 5.98. The highest BCUT2D eigenvalue weighted by Gasteiger charge is 2.14. The molecule has 1 aliphatic heterocycles. The van der Waals surface area contributed by atoms with E-state index in [4.69, 9.17) is 4.74 Å². The SMILES string of the molecule is CCN1COCN1C. The van der Waals surface area contributed by atoms with Crippen LogP contribution in [0, 0.1) is 0 Å². The van der Waals surface area contributed by atoms with Crippen LogP contribution in [-0.4, -0.2) is 37.1 Å². The number of hydrogen-bond donors (Lipinski definition) is 0. The second-order valence-electron chi connectivity index (χ2n) is 1.94. The lowest BCUT2D eigenvalue weighted by molar-refractivity contribution is 0.0625. The molecular formula is C5H12N2O. The minimum Gasteiger partial charge on any atom is -0.348 e. The Morgan fingerprint density at radius 2 is 2.25 bits per heavy atom. The van der Waals surface area contributed by atoms with E-state index in [0.29, 0.717) is 0 Å². The van der Waals surface area contributed by atoms with Crippen LogP contribution in [0.2, 0.25) is 0 Å². The maximum absolute atomic E-state index is 5.11. The molecule has 1 saturated heterocycles. The average Bonchev–Trinajstić information content (AvgIpc) is 2.14. The molecule has 48 valence electrons.